The molecule has 0 rings (SSSR count). The lowest BCUT2D eigenvalue weighted by Crippen LogP contribution is -2.50. The Morgan fingerprint density at radius 2 is 1.22 bits per heavy atom. The highest BCUT2D eigenvalue weighted by Crippen LogP contribution is 2.09. The largest absolute Gasteiger partial charge is 0.480 e. The fraction of sp³-hybridized carbons (Fsp3) is 0.652. The highest BCUT2D eigenvalue weighted by atomic mass is 16.5. The van der Waals surface area contributed by atoms with E-state index in [1.54, 1.807) is 4.90 Å². The van der Waals surface area contributed by atoms with Crippen molar-refractivity contribution in [3.8, 4) is 0 Å². The van der Waals surface area contributed by atoms with E-state index in [0.717, 1.165) is 12.5 Å². The van der Waals surface area contributed by atoms with E-state index in [1.807, 2.05) is 11.8 Å². The second kappa shape index (κ2) is 25.5. The van der Waals surface area contributed by atoms with E-state index in [1.165, 1.54) is 28.4 Å². The van der Waals surface area contributed by atoms with Crippen LogP contribution in [0, 0.1) is 0 Å². The minimum atomic E-state index is -1.08. The van der Waals surface area contributed by atoms with Gasteiger partial charge in [0.05, 0.1) is 47.7 Å². The summed E-state index contributed by atoms with van der Waals surface area (Å²) in [6.45, 7) is 6.45. The van der Waals surface area contributed by atoms with Crippen LogP contribution in [-0.4, -0.2) is 118 Å². The molecule has 0 fully saturated rings. The van der Waals surface area contributed by atoms with Crippen molar-refractivity contribution in [2.24, 2.45) is 0 Å². The third-order valence-corrected chi connectivity index (χ3v) is 4.59. The number of nitrogens with zero attached hydrogens (tertiary/aromatic N) is 2. The Bertz CT molecular complexity index is 715. The van der Waals surface area contributed by atoms with E-state index in [-0.39, 0.29) is 51.0 Å². The zero-order valence-corrected chi connectivity index (χ0v) is 22.1. The second-order valence-corrected chi connectivity index (χ2v) is 6.98. The maximum Gasteiger partial charge on any atom is 0.373 e. The number of carbonyl (C=O) groups is 5. The molecular formula is C23H38N2O12. The Labute approximate surface area is 216 Å². The van der Waals surface area contributed by atoms with Crippen LogP contribution in [0.25, 0.3) is 0 Å². The third-order valence-electron chi connectivity index (χ3n) is 4.59. The molecule has 0 radical (unpaired) electrons. The van der Waals surface area contributed by atoms with Crippen LogP contribution in [0.2, 0.25) is 0 Å². The molecule has 212 valence electrons. The van der Waals surface area contributed by atoms with Gasteiger partial charge in [0, 0.05) is 32.3 Å². The quantitative estimate of drug-likeness (QED) is 0.157. The summed E-state index contributed by atoms with van der Waals surface area (Å²) in [5.74, 6) is -2.78. The first-order valence-electron chi connectivity index (χ1n) is 11.1. The van der Waals surface area contributed by atoms with Crippen molar-refractivity contribution >= 4 is 36.0 Å². The molecule has 0 aliphatic heterocycles. The first-order valence-corrected chi connectivity index (χ1v) is 11.1. The summed E-state index contributed by atoms with van der Waals surface area (Å²) >= 11 is 0. The topological polar surface area (TPSA) is 183 Å². The minimum absolute atomic E-state index is 0.00259. The van der Waals surface area contributed by atoms with E-state index in [2.05, 4.69) is 25.5 Å². The van der Waals surface area contributed by atoms with Crippen molar-refractivity contribution in [2.45, 2.75) is 38.6 Å². The van der Waals surface area contributed by atoms with Crippen molar-refractivity contribution in [1.29, 1.82) is 0 Å². The number of hydrogen-bond donors (Lipinski definition) is 1. The van der Waals surface area contributed by atoms with Crippen LogP contribution < -0.4 is 0 Å². The number of ether oxygens (including phenoxy) is 4. The maximum atomic E-state index is 11.9. The molecule has 1 N–H and O–H groups in total. The SMILES string of the molecule is C=CC(=O)OC.CCCN(CCC(=O)OC)C[C@@H](C(=O)O)N(CCC(=O)OC)CCC(=O)OC.O=C=O. The van der Waals surface area contributed by atoms with E-state index < -0.39 is 29.9 Å². The van der Waals surface area contributed by atoms with Crippen molar-refractivity contribution in [3.05, 3.63) is 12.7 Å². The number of esters is 4. The molecule has 0 aromatic rings. The van der Waals surface area contributed by atoms with Gasteiger partial charge >= 0.3 is 36.0 Å². The lowest BCUT2D eigenvalue weighted by Gasteiger charge is -2.32. The lowest BCUT2D eigenvalue weighted by molar-refractivity contribution is -0.191. The van der Waals surface area contributed by atoms with Gasteiger partial charge in [-0.05, 0) is 13.0 Å². The van der Waals surface area contributed by atoms with Gasteiger partial charge in [-0.25, -0.2) is 4.79 Å². The van der Waals surface area contributed by atoms with Gasteiger partial charge in [-0.2, -0.15) is 9.59 Å². The summed E-state index contributed by atoms with van der Waals surface area (Å²) in [4.78, 5) is 75.8. The zero-order valence-electron chi connectivity index (χ0n) is 22.1. The van der Waals surface area contributed by atoms with Crippen LogP contribution in [0.5, 0.6) is 0 Å². The van der Waals surface area contributed by atoms with Gasteiger partial charge in [0.2, 0.25) is 0 Å². The van der Waals surface area contributed by atoms with E-state index in [9.17, 15) is 29.1 Å². The number of methoxy groups -OCH3 is 4. The Morgan fingerprint density at radius 3 is 1.49 bits per heavy atom. The van der Waals surface area contributed by atoms with Crippen LogP contribution in [0.15, 0.2) is 12.7 Å². The van der Waals surface area contributed by atoms with Crippen molar-refractivity contribution in [2.75, 3.05) is 61.2 Å². The predicted molar refractivity (Wildman–Crippen MR) is 127 cm³/mol. The molecule has 0 bridgehead atoms. The molecule has 0 saturated carbocycles. The molecule has 0 aliphatic rings. The highest BCUT2D eigenvalue weighted by molar-refractivity contribution is 5.80. The molecule has 0 aliphatic carbocycles. The zero-order chi connectivity index (χ0) is 29.2. The Balaban J connectivity index is -0.00000109. The van der Waals surface area contributed by atoms with Gasteiger partial charge in [-0.15, -0.1) is 0 Å². The Morgan fingerprint density at radius 1 is 0.811 bits per heavy atom. The van der Waals surface area contributed by atoms with E-state index >= 15 is 0 Å². The van der Waals surface area contributed by atoms with Gasteiger partial charge < -0.3 is 29.0 Å². The monoisotopic (exact) mass is 534 g/mol. The number of aliphatic carboxylic acids is 1. The van der Waals surface area contributed by atoms with Crippen molar-refractivity contribution in [1.82, 2.24) is 9.80 Å². The van der Waals surface area contributed by atoms with Crippen LogP contribution in [0.3, 0.4) is 0 Å². The molecule has 14 nitrogen and oxygen atoms in total. The molecular weight excluding hydrogens is 496 g/mol. The first kappa shape index (κ1) is 37.9. The number of carboxylic acid groups (broad SMARTS) is 1. The predicted octanol–water partition coefficient (Wildman–Crippen LogP) is -0.0952. The second-order valence-electron chi connectivity index (χ2n) is 6.98. The molecule has 0 heterocycles. The molecule has 0 saturated heterocycles. The molecule has 14 heteroatoms. The highest BCUT2D eigenvalue weighted by Gasteiger charge is 2.29. The first-order chi connectivity index (χ1) is 17.5. The molecule has 0 amide bonds. The van der Waals surface area contributed by atoms with Crippen LogP contribution in [0.1, 0.15) is 32.6 Å². The molecule has 37 heavy (non-hydrogen) atoms. The molecule has 1 atom stereocenters. The van der Waals surface area contributed by atoms with Gasteiger partial charge in [0.1, 0.15) is 6.04 Å². The molecule has 0 aromatic heterocycles. The number of carboxylic acids is 1. The molecule has 0 unspecified atom stereocenters. The number of rotatable bonds is 16. The van der Waals surface area contributed by atoms with Crippen molar-refractivity contribution in [3.63, 3.8) is 0 Å². The summed E-state index contributed by atoms with van der Waals surface area (Å²) in [5.41, 5.74) is 0. The van der Waals surface area contributed by atoms with E-state index in [4.69, 9.17) is 9.59 Å². The summed E-state index contributed by atoms with van der Waals surface area (Å²) in [7, 11) is 5.12. The summed E-state index contributed by atoms with van der Waals surface area (Å²) in [6.07, 6.45) is 2.28. The summed E-state index contributed by atoms with van der Waals surface area (Å²) in [5, 5.41) is 9.74. The third kappa shape index (κ3) is 22.6. The Hall–Kier alpha value is -3.61. The number of hydrogen-bond acceptors (Lipinski definition) is 13. The van der Waals surface area contributed by atoms with Crippen LogP contribution in [0.4, 0.5) is 0 Å². The fourth-order valence-corrected chi connectivity index (χ4v) is 2.74. The Kier molecular flexibility index (Phi) is 26.1. The summed E-state index contributed by atoms with van der Waals surface area (Å²) < 4.78 is 18.0. The van der Waals surface area contributed by atoms with Gasteiger partial charge in [-0.3, -0.25) is 24.1 Å². The minimum Gasteiger partial charge on any atom is -0.480 e. The lowest BCUT2D eigenvalue weighted by atomic mass is 10.1. The van der Waals surface area contributed by atoms with Crippen LogP contribution in [-0.2, 0) is 52.5 Å². The fourth-order valence-electron chi connectivity index (χ4n) is 2.74. The van der Waals surface area contributed by atoms with Crippen LogP contribution >= 0.6 is 0 Å². The van der Waals surface area contributed by atoms with Gasteiger partial charge in [-0.1, -0.05) is 13.5 Å². The normalized spacial score (nSPS) is 10.4. The number of carbonyl (C=O) groups excluding carboxylic acids is 6. The van der Waals surface area contributed by atoms with Crippen molar-refractivity contribution < 1.29 is 57.6 Å². The van der Waals surface area contributed by atoms with Gasteiger partial charge in [0.25, 0.3) is 0 Å². The maximum absolute atomic E-state index is 11.9. The standard InChI is InChI=1S/C18H32N2O8.C4H6O2.CO2/c1-5-9-19(10-6-15(21)26-2)13-14(18(24)25)20(11-7-16(22)27-3)12-8-17(23)28-4;1-3-4(5)6-2;2-1-3/h14H,5-13H2,1-4H3,(H,24,25);3H,1H2,2H3;/t14-;;/m0../s1. The molecule has 0 aromatic carbocycles. The van der Waals surface area contributed by atoms with E-state index in [0.29, 0.717) is 13.1 Å². The summed E-state index contributed by atoms with van der Waals surface area (Å²) in [6, 6.07) is -0.960. The average Bonchev–Trinajstić information content (AvgIpc) is 2.89. The van der Waals surface area contributed by atoms with Gasteiger partial charge in [0.15, 0.2) is 0 Å². The molecule has 0 spiro atoms. The smallest absolute Gasteiger partial charge is 0.373 e. The average molecular weight is 535 g/mol.